The molecule has 0 saturated heterocycles. The third-order valence-corrected chi connectivity index (χ3v) is 7.52. The van der Waals surface area contributed by atoms with E-state index < -0.39 is 21.2 Å². The number of benzene rings is 1. The molecule has 0 atom stereocenters. The van der Waals surface area contributed by atoms with E-state index in [2.05, 4.69) is 51.3 Å². The Balaban J connectivity index is 1.71. The van der Waals surface area contributed by atoms with Crippen LogP contribution in [0, 0.1) is 6.92 Å². The van der Waals surface area contributed by atoms with Crippen LogP contribution >= 0.6 is 11.3 Å². The van der Waals surface area contributed by atoms with E-state index in [1.165, 1.54) is 25.5 Å². The molecule has 4 rings (SSSR count). The highest BCUT2D eigenvalue weighted by molar-refractivity contribution is 7.90. The predicted molar refractivity (Wildman–Crippen MR) is 125 cm³/mol. The maximum absolute atomic E-state index is 12.5. The van der Waals surface area contributed by atoms with Crippen LogP contribution in [0.2, 0.25) is 0 Å². The van der Waals surface area contributed by atoms with Crippen molar-refractivity contribution >= 4 is 38.2 Å². The molecule has 0 aliphatic heterocycles. The van der Waals surface area contributed by atoms with Crippen molar-refractivity contribution in [2.75, 3.05) is 0 Å². The van der Waals surface area contributed by atoms with Crippen molar-refractivity contribution in [2.45, 2.75) is 32.4 Å². The first-order valence-electron chi connectivity index (χ1n) is 9.90. The average Bonchev–Trinajstić information content (AvgIpc) is 3.36. The van der Waals surface area contributed by atoms with Crippen molar-refractivity contribution in [2.24, 2.45) is 0 Å². The van der Waals surface area contributed by atoms with Crippen molar-refractivity contribution in [3.05, 3.63) is 75.7 Å². The largest absolute Gasteiger partial charge is 0.354 e. The second kappa shape index (κ2) is 8.28. The van der Waals surface area contributed by atoms with Crippen molar-refractivity contribution in [1.29, 1.82) is 0 Å². The number of thiophene rings is 1. The Hall–Kier alpha value is -2.97. The molecule has 0 bridgehead atoms. The number of pyridine rings is 1. The Bertz CT molecular complexity index is 1350. The molecule has 160 valence electrons. The van der Waals surface area contributed by atoms with Gasteiger partial charge in [0.25, 0.3) is 5.91 Å². The number of aryl methyl sites for hydroxylation is 1. The topological polar surface area (TPSA) is 91.9 Å². The van der Waals surface area contributed by atoms with Gasteiger partial charge in [0.05, 0.1) is 10.9 Å². The molecule has 31 heavy (non-hydrogen) atoms. The van der Waals surface area contributed by atoms with E-state index in [9.17, 15) is 13.2 Å². The van der Waals surface area contributed by atoms with Gasteiger partial charge in [-0.15, -0.1) is 0 Å². The minimum Gasteiger partial charge on any atom is -0.354 e. The molecule has 6 nitrogen and oxygen atoms in total. The normalized spacial score (nSPS) is 11.9. The number of aromatic nitrogens is 2. The van der Waals surface area contributed by atoms with Crippen LogP contribution in [0.4, 0.5) is 0 Å². The first-order chi connectivity index (χ1) is 14.7. The first kappa shape index (κ1) is 21.3. The zero-order valence-corrected chi connectivity index (χ0v) is 19.1. The fraction of sp³-hybridized carbons (Fsp3) is 0.217. The van der Waals surface area contributed by atoms with Crippen molar-refractivity contribution < 1.29 is 13.2 Å². The third-order valence-electron chi connectivity index (χ3n) is 5.12. The van der Waals surface area contributed by atoms with E-state index in [0.717, 1.165) is 27.7 Å². The van der Waals surface area contributed by atoms with Crippen molar-refractivity contribution in [3.8, 4) is 11.3 Å². The lowest BCUT2D eigenvalue weighted by molar-refractivity contribution is 0.0976. The molecule has 0 aliphatic carbocycles. The summed E-state index contributed by atoms with van der Waals surface area (Å²) >= 11 is 1.63. The van der Waals surface area contributed by atoms with E-state index in [-0.39, 0.29) is 5.69 Å². The number of fused-ring (bicyclic) bond motifs is 1. The fourth-order valence-electron chi connectivity index (χ4n) is 3.39. The predicted octanol–water partition coefficient (Wildman–Crippen LogP) is 4.66. The van der Waals surface area contributed by atoms with Gasteiger partial charge in [0.2, 0.25) is 10.0 Å². The molecule has 8 heteroatoms. The summed E-state index contributed by atoms with van der Waals surface area (Å²) in [6.45, 7) is 5.09. The summed E-state index contributed by atoms with van der Waals surface area (Å²) in [6.07, 6.45) is 0.506. The molecule has 0 spiro atoms. The Kier molecular flexibility index (Phi) is 5.68. The Labute approximate surface area is 185 Å². The van der Waals surface area contributed by atoms with Crippen LogP contribution in [0.3, 0.4) is 0 Å². The lowest BCUT2D eigenvalue weighted by Crippen LogP contribution is -2.36. The van der Waals surface area contributed by atoms with E-state index in [0.29, 0.717) is 12.1 Å². The maximum atomic E-state index is 12.5. The lowest BCUT2D eigenvalue weighted by atomic mass is 10.0. The third kappa shape index (κ3) is 4.40. The molecular weight excluding hydrogens is 430 g/mol. The number of rotatable bonds is 6. The summed E-state index contributed by atoms with van der Waals surface area (Å²) in [5.74, 6) is -0.719. The Morgan fingerprint density at radius 1 is 1.19 bits per heavy atom. The summed E-state index contributed by atoms with van der Waals surface area (Å²) in [5.41, 5.74) is 6.20. The van der Waals surface area contributed by atoms with Crippen LogP contribution in [0.25, 0.3) is 22.2 Å². The molecule has 3 heterocycles. The molecule has 0 saturated carbocycles. The van der Waals surface area contributed by atoms with Gasteiger partial charge >= 0.3 is 0 Å². The van der Waals surface area contributed by atoms with Gasteiger partial charge in [-0.2, -0.15) is 11.3 Å². The van der Waals surface area contributed by atoms with Crippen LogP contribution in [0.15, 0.2) is 53.2 Å². The summed E-state index contributed by atoms with van der Waals surface area (Å²) in [7, 11) is -3.72. The van der Waals surface area contributed by atoms with E-state index in [4.69, 9.17) is 0 Å². The summed E-state index contributed by atoms with van der Waals surface area (Å²) in [6, 6.07) is 13.4. The number of nitrogens with zero attached hydrogens (tertiary/aromatic N) is 1. The van der Waals surface area contributed by atoms with Gasteiger partial charge in [0.1, 0.15) is 5.69 Å². The minimum absolute atomic E-state index is 0.0782. The molecular formula is C23H23N3O3S2. The van der Waals surface area contributed by atoms with Gasteiger partial charge in [-0.05, 0) is 61.5 Å². The molecule has 2 N–H and O–H groups in total. The van der Waals surface area contributed by atoms with E-state index >= 15 is 0 Å². The molecule has 4 aromatic rings. The number of H-pyrrole nitrogens is 1. The van der Waals surface area contributed by atoms with Crippen LogP contribution in [-0.2, 0) is 16.4 Å². The van der Waals surface area contributed by atoms with Crippen molar-refractivity contribution in [3.63, 3.8) is 0 Å². The number of nitrogens with one attached hydrogen (secondary N) is 2. The van der Waals surface area contributed by atoms with Gasteiger partial charge < -0.3 is 4.98 Å². The fourth-order valence-corrected chi connectivity index (χ4v) is 4.64. The molecule has 0 radical (unpaired) electrons. The number of hydrogen-bond donors (Lipinski definition) is 2. The van der Waals surface area contributed by atoms with Gasteiger partial charge in [0, 0.05) is 34.0 Å². The highest BCUT2D eigenvalue weighted by Crippen LogP contribution is 2.33. The molecule has 0 fully saturated rings. The van der Waals surface area contributed by atoms with Gasteiger partial charge in [-0.3, -0.25) is 4.79 Å². The maximum Gasteiger partial charge on any atom is 0.283 e. The Morgan fingerprint density at radius 2 is 2.00 bits per heavy atom. The second-order valence-electron chi connectivity index (χ2n) is 7.76. The standard InChI is InChI=1S/C23H23N3O3S2/c1-14(2)31(28,29)26-23(27)20-6-4-5-17(24-20)12-19-18-8-7-15(3)11-21(18)25-22(19)16-9-10-30-13-16/h4-11,13-14,25H,12H2,1-3H3,(H,26,27). The number of amides is 1. The average molecular weight is 454 g/mol. The van der Waals surface area contributed by atoms with Gasteiger partial charge in [-0.25, -0.2) is 18.1 Å². The number of carbonyl (C=O) groups is 1. The smallest absolute Gasteiger partial charge is 0.283 e. The van der Waals surface area contributed by atoms with Crippen molar-refractivity contribution in [1.82, 2.24) is 14.7 Å². The molecule has 0 aliphatic rings. The zero-order chi connectivity index (χ0) is 22.2. The lowest BCUT2D eigenvalue weighted by Gasteiger charge is -2.10. The molecule has 1 amide bonds. The highest BCUT2D eigenvalue weighted by Gasteiger charge is 2.21. The quantitative estimate of drug-likeness (QED) is 0.444. The zero-order valence-electron chi connectivity index (χ0n) is 17.5. The van der Waals surface area contributed by atoms with E-state index in [1.54, 1.807) is 17.4 Å². The van der Waals surface area contributed by atoms with E-state index in [1.807, 2.05) is 11.4 Å². The molecule has 3 aromatic heterocycles. The SMILES string of the molecule is Cc1ccc2c(Cc3cccc(C(=O)NS(=O)(=O)C(C)C)n3)c(-c3ccsc3)[nH]c2c1. The monoisotopic (exact) mass is 453 g/mol. The first-order valence-corrected chi connectivity index (χ1v) is 12.4. The number of sulfonamides is 1. The van der Waals surface area contributed by atoms with Gasteiger partial charge in [-0.1, -0.05) is 18.2 Å². The van der Waals surface area contributed by atoms with Crippen LogP contribution in [0.1, 0.15) is 41.2 Å². The minimum atomic E-state index is -3.72. The highest BCUT2D eigenvalue weighted by atomic mass is 32.2. The summed E-state index contributed by atoms with van der Waals surface area (Å²) in [5, 5.41) is 4.52. The Morgan fingerprint density at radius 3 is 2.71 bits per heavy atom. The van der Waals surface area contributed by atoms with Gasteiger partial charge in [0.15, 0.2) is 0 Å². The number of carbonyl (C=O) groups excluding carboxylic acids is 1. The number of hydrogen-bond acceptors (Lipinski definition) is 5. The number of aromatic amines is 1. The molecule has 1 aromatic carbocycles. The molecule has 0 unspecified atom stereocenters. The summed E-state index contributed by atoms with van der Waals surface area (Å²) < 4.78 is 26.2. The second-order valence-corrected chi connectivity index (χ2v) is 10.8. The summed E-state index contributed by atoms with van der Waals surface area (Å²) in [4.78, 5) is 20.4. The van der Waals surface area contributed by atoms with Crippen LogP contribution < -0.4 is 4.72 Å². The van der Waals surface area contributed by atoms with Crippen LogP contribution in [0.5, 0.6) is 0 Å². The van der Waals surface area contributed by atoms with Crippen LogP contribution in [-0.4, -0.2) is 29.5 Å².